The number of hydrogen-bond acceptors (Lipinski definition) is 3. The van der Waals surface area contributed by atoms with E-state index in [0.717, 1.165) is 0 Å². The Bertz CT molecular complexity index is 1140. The predicted molar refractivity (Wildman–Crippen MR) is 119 cm³/mol. The molecule has 3 nitrogen and oxygen atoms in total. The number of ketones is 2. The van der Waals surface area contributed by atoms with E-state index in [2.05, 4.69) is 5.32 Å². The van der Waals surface area contributed by atoms with Crippen LogP contribution in [0, 0.1) is 5.82 Å². The molecule has 1 N–H and O–H groups in total. The molecule has 0 saturated carbocycles. The monoisotopic (exact) mass is 411 g/mol. The van der Waals surface area contributed by atoms with Gasteiger partial charge in [-0.25, -0.2) is 4.39 Å². The fraction of sp³-hybridized carbons (Fsp3) is 0.111. The maximum Gasteiger partial charge on any atom is 0.191 e. The molecule has 0 atom stereocenters. The van der Waals surface area contributed by atoms with Gasteiger partial charge in [0, 0.05) is 45.1 Å². The molecule has 0 fully saturated rings. The summed E-state index contributed by atoms with van der Waals surface area (Å²) in [7, 11) is 0. The lowest BCUT2D eigenvalue weighted by Gasteiger charge is -2.31. The number of dihydropyridines is 1. The van der Waals surface area contributed by atoms with Crippen molar-refractivity contribution in [3.8, 4) is 0 Å². The van der Waals surface area contributed by atoms with Gasteiger partial charge in [-0.05, 0) is 19.9 Å². The number of nitrogens with one attached hydrogen (secondary N) is 1. The molecule has 0 aliphatic carbocycles. The molecule has 3 aromatic carbocycles. The molecule has 154 valence electrons. The Labute approximate surface area is 180 Å². The van der Waals surface area contributed by atoms with Crippen LogP contribution in [0.5, 0.6) is 0 Å². The Morgan fingerprint density at radius 1 is 0.677 bits per heavy atom. The smallest absolute Gasteiger partial charge is 0.191 e. The molecule has 1 aliphatic rings. The van der Waals surface area contributed by atoms with Gasteiger partial charge in [0.1, 0.15) is 5.82 Å². The first-order valence-corrected chi connectivity index (χ1v) is 10.1. The zero-order valence-electron chi connectivity index (χ0n) is 17.4. The molecule has 0 spiro atoms. The molecule has 0 unspecified atom stereocenters. The Morgan fingerprint density at radius 3 is 1.55 bits per heavy atom. The van der Waals surface area contributed by atoms with Gasteiger partial charge in [-0.15, -0.1) is 0 Å². The Hall–Kier alpha value is -3.79. The van der Waals surface area contributed by atoms with Crippen LogP contribution in [0.1, 0.15) is 46.0 Å². The van der Waals surface area contributed by atoms with Crippen molar-refractivity contribution >= 4 is 11.6 Å². The molecule has 0 saturated heterocycles. The Morgan fingerprint density at radius 2 is 1.10 bits per heavy atom. The van der Waals surface area contributed by atoms with Gasteiger partial charge in [0.25, 0.3) is 0 Å². The minimum absolute atomic E-state index is 0.232. The third-order valence-electron chi connectivity index (χ3n) is 5.54. The van der Waals surface area contributed by atoms with Crippen LogP contribution in [-0.2, 0) is 0 Å². The van der Waals surface area contributed by atoms with E-state index in [4.69, 9.17) is 0 Å². The second-order valence-corrected chi connectivity index (χ2v) is 7.55. The van der Waals surface area contributed by atoms with Crippen LogP contribution in [-0.4, -0.2) is 11.6 Å². The van der Waals surface area contributed by atoms with E-state index in [1.54, 1.807) is 80.6 Å². The normalized spacial score (nSPS) is 14.4. The van der Waals surface area contributed by atoms with Crippen molar-refractivity contribution in [3.05, 3.63) is 130 Å². The van der Waals surface area contributed by atoms with Crippen molar-refractivity contribution in [2.75, 3.05) is 0 Å². The van der Waals surface area contributed by atoms with Gasteiger partial charge in [0.2, 0.25) is 0 Å². The van der Waals surface area contributed by atoms with Crippen LogP contribution in [0.25, 0.3) is 0 Å². The Kier molecular flexibility index (Phi) is 5.63. The molecule has 0 amide bonds. The number of carbonyl (C=O) groups is 2. The highest BCUT2D eigenvalue weighted by Gasteiger charge is 2.38. The van der Waals surface area contributed by atoms with E-state index in [1.807, 2.05) is 12.1 Å². The summed E-state index contributed by atoms with van der Waals surface area (Å²) >= 11 is 0. The van der Waals surface area contributed by atoms with Crippen LogP contribution >= 0.6 is 0 Å². The summed E-state index contributed by atoms with van der Waals surface area (Å²) in [5.74, 6) is -1.73. The van der Waals surface area contributed by atoms with E-state index in [9.17, 15) is 9.59 Å². The molecular weight excluding hydrogens is 389 g/mol. The zero-order valence-corrected chi connectivity index (χ0v) is 17.4. The highest BCUT2D eigenvalue weighted by atomic mass is 19.1. The second-order valence-electron chi connectivity index (χ2n) is 7.55. The average molecular weight is 411 g/mol. The quantitative estimate of drug-likeness (QED) is 0.538. The first-order valence-electron chi connectivity index (χ1n) is 10.1. The summed E-state index contributed by atoms with van der Waals surface area (Å²) in [5.41, 5.74) is 3.27. The van der Waals surface area contributed by atoms with Gasteiger partial charge < -0.3 is 5.32 Å². The van der Waals surface area contributed by atoms with Crippen LogP contribution < -0.4 is 5.32 Å². The minimum Gasteiger partial charge on any atom is -0.362 e. The first kappa shape index (κ1) is 20.5. The number of Topliss-reactive ketones (excluding diaryl/α,β-unsaturated/α-hetero) is 2. The SMILES string of the molecule is CC1=C(C(=O)c2ccccc2)C(c2ccccc2F)C(C(=O)c2ccccc2)=C(C)N1. The first-order chi connectivity index (χ1) is 15.0. The predicted octanol–water partition coefficient (Wildman–Crippen LogP) is 5.83. The van der Waals surface area contributed by atoms with E-state index in [-0.39, 0.29) is 11.6 Å². The van der Waals surface area contributed by atoms with Gasteiger partial charge in [-0.3, -0.25) is 9.59 Å². The molecule has 1 aliphatic heterocycles. The summed E-state index contributed by atoms with van der Waals surface area (Å²) in [4.78, 5) is 27.1. The molecule has 3 aromatic rings. The summed E-state index contributed by atoms with van der Waals surface area (Å²) in [6.07, 6.45) is 0. The number of benzene rings is 3. The summed E-state index contributed by atoms with van der Waals surface area (Å²) < 4.78 is 15.0. The highest BCUT2D eigenvalue weighted by molar-refractivity contribution is 6.16. The minimum atomic E-state index is -0.817. The maximum atomic E-state index is 15.0. The van der Waals surface area contributed by atoms with Crippen molar-refractivity contribution in [3.63, 3.8) is 0 Å². The van der Waals surface area contributed by atoms with Crippen LogP contribution in [0.4, 0.5) is 4.39 Å². The fourth-order valence-electron chi connectivity index (χ4n) is 4.11. The van der Waals surface area contributed by atoms with E-state index < -0.39 is 11.7 Å². The third-order valence-corrected chi connectivity index (χ3v) is 5.54. The van der Waals surface area contributed by atoms with E-state index in [1.165, 1.54) is 6.07 Å². The van der Waals surface area contributed by atoms with Crippen molar-refractivity contribution in [1.82, 2.24) is 5.32 Å². The summed E-state index contributed by atoms with van der Waals surface area (Å²) in [6, 6.07) is 24.0. The molecule has 1 heterocycles. The highest BCUT2D eigenvalue weighted by Crippen LogP contribution is 2.41. The van der Waals surface area contributed by atoms with Crippen molar-refractivity contribution in [2.45, 2.75) is 19.8 Å². The standard InChI is InChI=1S/C27H22FNO2/c1-17-23(26(30)19-11-5-3-6-12-19)25(21-15-9-10-16-22(21)28)24(18(2)29-17)27(31)20-13-7-4-8-14-20/h3-16,25,29H,1-2H3. The van der Waals surface area contributed by atoms with E-state index >= 15 is 4.39 Å². The lowest BCUT2D eigenvalue weighted by Crippen LogP contribution is -2.31. The number of carbonyl (C=O) groups excluding carboxylic acids is 2. The van der Waals surface area contributed by atoms with Gasteiger partial charge in [-0.1, -0.05) is 78.9 Å². The second kappa shape index (κ2) is 8.52. The van der Waals surface area contributed by atoms with Gasteiger partial charge in [0.05, 0.1) is 0 Å². The van der Waals surface area contributed by atoms with Gasteiger partial charge in [0.15, 0.2) is 11.6 Å². The molecule has 0 bridgehead atoms. The third kappa shape index (κ3) is 3.84. The summed E-state index contributed by atoms with van der Waals surface area (Å²) in [6.45, 7) is 3.58. The lowest BCUT2D eigenvalue weighted by molar-refractivity contribution is 0.101. The number of halogens is 1. The van der Waals surface area contributed by atoms with E-state index in [0.29, 0.717) is 39.2 Å². The van der Waals surface area contributed by atoms with Crippen molar-refractivity contribution < 1.29 is 14.0 Å². The fourth-order valence-corrected chi connectivity index (χ4v) is 4.11. The molecule has 4 heteroatoms. The number of allylic oxidation sites excluding steroid dienone is 4. The average Bonchev–Trinajstić information content (AvgIpc) is 2.79. The largest absolute Gasteiger partial charge is 0.362 e. The van der Waals surface area contributed by atoms with Gasteiger partial charge >= 0.3 is 0 Å². The van der Waals surface area contributed by atoms with Crippen LogP contribution in [0.2, 0.25) is 0 Å². The maximum absolute atomic E-state index is 15.0. The molecule has 4 rings (SSSR count). The lowest BCUT2D eigenvalue weighted by atomic mass is 9.75. The van der Waals surface area contributed by atoms with Crippen LogP contribution in [0.3, 0.4) is 0 Å². The topological polar surface area (TPSA) is 46.2 Å². The van der Waals surface area contributed by atoms with Gasteiger partial charge in [-0.2, -0.15) is 0 Å². The van der Waals surface area contributed by atoms with Crippen LogP contribution in [0.15, 0.2) is 107 Å². The number of rotatable bonds is 5. The van der Waals surface area contributed by atoms with Crippen molar-refractivity contribution in [2.24, 2.45) is 0 Å². The van der Waals surface area contributed by atoms with Crippen molar-refractivity contribution in [1.29, 1.82) is 0 Å². The molecule has 0 radical (unpaired) electrons. The molecule has 31 heavy (non-hydrogen) atoms. The zero-order chi connectivity index (χ0) is 22.0. The molecular formula is C27H22FNO2. The summed E-state index contributed by atoms with van der Waals surface area (Å²) in [5, 5.41) is 3.20. The Balaban J connectivity index is 1.92. The number of hydrogen-bond donors (Lipinski definition) is 1. The molecule has 0 aromatic heterocycles.